The van der Waals surface area contributed by atoms with E-state index < -0.39 is 60.1 Å². The molecule has 1 aromatic heterocycles. The highest BCUT2D eigenvalue weighted by Crippen LogP contribution is 2.11. The predicted molar refractivity (Wildman–Crippen MR) is 129 cm³/mol. The Morgan fingerprint density at radius 2 is 1.46 bits per heavy atom. The van der Waals surface area contributed by atoms with Gasteiger partial charge in [-0.2, -0.15) is 0 Å². The summed E-state index contributed by atoms with van der Waals surface area (Å²) in [7, 11) is 0. The van der Waals surface area contributed by atoms with Gasteiger partial charge in [0.1, 0.15) is 23.9 Å². The van der Waals surface area contributed by atoms with Crippen molar-refractivity contribution < 1.29 is 39.6 Å². The van der Waals surface area contributed by atoms with E-state index in [9.17, 15) is 39.6 Å². The van der Waals surface area contributed by atoms with Crippen LogP contribution in [0.1, 0.15) is 25.1 Å². The predicted octanol–water partition coefficient (Wildman–Crippen LogP) is -2.47. The van der Waals surface area contributed by atoms with E-state index >= 15 is 0 Å². The summed E-state index contributed by atoms with van der Waals surface area (Å²) in [5.41, 5.74) is 7.00. The number of hydrogen-bond donors (Lipinski definition) is 9. The molecule has 0 aliphatic rings. The van der Waals surface area contributed by atoms with Gasteiger partial charge in [0.2, 0.25) is 17.7 Å². The summed E-state index contributed by atoms with van der Waals surface area (Å²) in [5, 5.41) is 45.8. The van der Waals surface area contributed by atoms with E-state index in [1.54, 1.807) is 12.1 Å². The van der Waals surface area contributed by atoms with Crippen LogP contribution in [0.4, 0.5) is 0 Å². The largest absolute Gasteiger partial charge is 0.508 e. The Bertz CT molecular complexity index is 1060. The number of phenols is 1. The molecule has 0 saturated carbocycles. The third-order valence-electron chi connectivity index (χ3n) is 5.45. The van der Waals surface area contributed by atoms with Gasteiger partial charge in [0.25, 0.3) is 0 Å². The maximum atomic E-state index is 12.9. The topological polar surface area (TPSA) is 240 Å². The number of carbonyl (C=O) groups is 4. The van der Waals surface area contributed by atoms with E-state index in [2.05, 4.69) is 25.9 Å². The zero-order valence-electron chi connectivity index (χ0n) is 20.3. The van der Waals surface area contributed by atoms with Crippen molar-refractivity contribution in [3.8, 4) is 5.75 Å². The summed E-state index contributed by atoms with van der Waals surface area (Å²) >= 11 is 0. The number of nitrogens with zero attached hydrogens (tertiary/aromatic N) is 1. The highest BCUT2D eigenvalue weighted by atomic mass is 16.4. The summed E-state index contributed by atoms with van der Waals surface area (Å²) < 4.78 is 0. The van der Waals surface area contributed by atoms with Crippen molar-refractivity contribution in [2.75, 3.05) is 0 Å². The highest BCUT2D eigenvalue weighted by Gasteiger charge is 2.34. The summed E-state index contributed by atoms with van der Waals surface area (Å²) in [6, 6.07) is 0.374. The van der Waals surface area contributed by atoms with Gasteiger partial charge >= 0.3 is 5.97 Å². The Balaban J connectivity index is 2.05. The molecule has 0 aliphatic carbocycles. The van der Waals surface area contributed by atoms with Crippen LogP contribution in [0.2, 0.25) is 0 Å². The Morgan fingerprint density at radius 1 is 0.919 bits per heavy atom. The molecular weight excluding hydrogens is 488 g/mol. The smallest absolute Gasteiger partial charge is 0.326 e. The van der Waals surface area contributed by atoms with Crippen LogP contribution in [0.15, 0.2) is 36.8 Å². The lowest BCUT2D eigenvalue weighted by atomic mass is 10.0. The van der Waals surface area contributed by atoms with Crippen molar-refractivity contribution in [1.82, 2.24) is 25.9 Å². The number of aliphatic hydroxyl groups is 2. The maximum absolute atomic E-state index is 12.9. The molecule has 0 radical (unpaired) electrons. The fourth-order valence-electron chi connectivity index (χ4n) is 3.37. The van der Waals surface area contributed by atoms with Gasteiger partial charge in [0.05, 0.1) is 24.6 Å². The monoisotopic (exact) mass is 520 g/mol. The number of aromatic amines is 1. The van der Waals surface area contributed by atoms with E-state index in [0.29, 0.717) is 11.3 Å². The lowest BCUT2D eigenvalue weighted by Gasteiger charge is -2.27. The number of benzene rings is 1. The minimum absolute atomic E-state index is 0.0419. The fourth-order valence-corrected chi connectivity index (χ4v) is 3.37. The van der Waals surface area contributed by atoms with Crippen LogP contribution in [0.3, 0.4) is 0 Å². The zero-order valence-corrected chi connectivity index (χ0v) is 20.3. The molecular formula is C23H32N6O8. The Morgan fingerprint density at radius 3 is 1.95 bits per heavy atom. The number of hydrogen-bond acceptors (Lipinski definition) is 9. The molecule has 2 rings (SSSR count). The number of aromatic nitrogens is 2. The van der Waals surface area contributed by atoms with Crippen molar-refractivity contribution >= 4 is 23.7 Å². The van der Waals surface area contributed by atoms with Crippen molar-refractivity contribution in [1.29, 1.82) is 0 Å². The third-order valence-corrected chi connectivity index (χ3v) is 5.45. The Labute approximate surface area is 212 Å². The van der Waals surface area contributed by atoms with Crippen LogP contribution in [-0.4, -0.2) is 90.5 Å². The van der Waals surface area contributed by atoms with Gasteiger partial charge in [0.15, 0.2) is 0 Å². The number of imidazole rings is 1. The molecule has 14 nitrogen and oxygen atoms in total. The molecule has 0 bridgehead atoms. The first-order valence-electron chi connectivity index (χ1n) is 11.4. The number of phenolic OH excluding ortho intramolecular Hbond substituents is 1. The first kappa shape index (κ1) is 29.2. The van der Waals surface area contributed by atoms with Crippen LogP contribution in [0.5, 0.6) is 5.75 Å². The molecule has 202 valence electrons. The number of aromatic hydroxyl groups is 1. The number of nitrogens with one attached hydrogen (secondary N) is 4. The van der Waals surface area contributed by atoms with Gasteiger partial charge in [-0.3, -0.25) is 14.4 Å². The van der Waals surface area contributed by atoms with Crippen molar-refractivity contribution in [3.05, 3.63) is 48.0 Å². The molecule has 6 unspecified atom stereocenters. The molecule has 0 spiro atoms. The minimum atomic E-state index is -1.60. The highest BCUT2D eigenvalue weighted by molar-refractivity contribution is 5.94. The number of nitrogens with two attached hydrogens (primary N) is 1. The van der Waals surface area contributed by atoms with E-state index in [1.165, 1.54) is 38.5 Å². The molecule has 1 aromatic carbocycles. The van der Waals surface area contributed by atoms with E-state index in [1.807, 2.05) is 0 Å². The normalized spacial score (nSPS) is 15.9. The van der Waals surface area contributed by atoms with Crippen molar-refractivity contribution in [2.24, 2.45) is 5.73 Å². The summed E-state index contributed by atoms with van der Waals surface area (Å²) in [6.07, 6.45) is -0.185. The number of rotatable bonds is 13. The number of carboxylic acids is 1. The zero-order chi connectivity index (χ0) is 27.7. The lowest BCUT2D eigenvalue weighted by Crippen LogP contribution is -2.62. The maximum Gasteiger partial charge on any atom is 0.326 e. The first-order chi connectivity index (χ1) is 17.4. The third kappa shape index (κ3) is 8.86. The van der Waals surface area contributed by atoms with E-state index in [0.717, 1.165) is 0 Å². The molecule has 37 heavy (non-hydrogen) atoms. The molecule has 2 aromatic rings. The Hall–Kier alpha value is -4.01. The molecule has 0 saturated heterocycles. The van der Waals surface area contributed by atoms with Gasteiger partial charge < -0.3 is 47.1 Å². The molecule has 10 N–H and O–H groups in total. The van der Waals surface area contributed by atoms with Crippen LogP contribution >= 0.6 is 0 Å². The van der Waals surface area contributed by atoms with Crippen molar-refractivity contribution in [2.45, 2.75) is 63.1 Å². The molecule has 3 amide bonds. The van der Waals surface area contributed by atoms with Gasteiger partial charge in [-0.05, 0) is 38.0 Å². The number of aliphatic carboxylic acids is 1. The van der Waals surface area contributed by atoms with Gasteiger partial charge in [-0.1, -0.05) is 12.1 Å². The first-order valence-corrected chi connectivity index (χ1v) is 11.4. The summed E-state index contributed by atoms with van der Waals surface area (Å²) in [6.45, 7) is 2.44. The molecule has 6 atom stereocenters. The van der Waals surface area contributed by atoms with E-state index in [-0.39, 0.29) is 18.6 Å². The summed E-state index contributed by atoms with van der Waals surface area (Å²) in [4.78, 5) is 56.3. The van der Waals surface area contributed by atoms with Gasteiger partial charge in [-0.15, -0.1) is 0 Å². The SMILES string of the molecule is CC(O)C(NC(=O)C(N)Cc1ccc(O)cc1)C(=O)NC(C(=O)NC(Cc1cnc[nH]1)C(=O)O)C(C)O. The second-order valence-electron chi connectivity index (χ2n) is 8.61. The number of carbonyl (C=O) groups excluding carboxylic acids is 3. The molecule has 1 heterocycles. The minimum Gasteiger partial charge on any atom is -0.508 e. The van der Waals surface area contributed by atoms with Gasteiger partial charge in [-0.25, -0.2) is 9.78 Å². The van der Waals surface area contributed by atoms with Crippen molar-refractivity contribution in [3.63, 3.8) is 0 Å². The number of aliphatic hydroxyl groups excluding tert-OH is 2. The van der Waals surface area contributed by atoms with Crippen LogP contribution in [0.25, 0.3) is 0 Å². The molecule has 0 fully saturated rings. The second kappa shape index (κ2) is 13.3. The standard InChI is InChI=1S/C23H32N6O8/c1-11(30)18(21(34)27-17(23(36)37)8-14-9-25-10-26-14)29-22(35)19(12(2)31)28-20(33)16(24)7-13-3-5-15(32)6-4-13/h3-6,9-12,16-19,30-32H,7-8,24H2,1-2H3,(H,25,26)(H,27,34)(H,28,33)(H,29,35)(H,36,37). The lowest BCUT2D eigenvalue weighted by molar-refractivity contribution is -0.143. The van der Waals surface area contributed by atoms with Gasteiger partial charge in [0, 0.05) is 18.3 Å². The average Bonchev–Trinajstić information content (AvgIpc) is 3.34. The molecule has 0 aliphatic heterocycles. The Kier molecular flexibility index (Phi) is 10.5. The number of carboxylic acid groups (broad SMARTS) is 1. The molecule has 14 heteroatoms. The summed E-state index contributed by atoms with van der Waals surface area (Å²) in [5.74, 6) is -4.06. The van der Waals surface area contributed by atoms with E-state index in [4.69, 9.17) is 5.73 Å². The van der Waals surface area contributed by atoms with Crippen LogP contribution in [0, 0.1) is 0 Å². The fraction of sp³-hybridized carbons (Fsp3) is 0.435. The van der Waals surface area contributed by atoms with Crippen LogP contribution in [-0.2, 0) is 32.0 Å². The quantitative estimate of drug-likeness (QED) is 0.135. The average molecular weight is 521 g/mol. The number of H-pyrrole nitrogens is 1. The second-order valence-corrected chi connectivity index (χ2v) is 8.61. The number of amides is 3. The van der Waals surface area contributed by atoms with Crippen LogP contribution < -0.4 is 21.7 Å².